The molecule has 0 amide bonds. The van der Waals surface area contributed by atoms with E-state index >= 15 is 0 Å². The quantitative estimate of drug-likeness (QED) is 0.301. The molecule has 4 aliphatic rings. The molecule has 2 saturated carbocycles. The van der Waals surface area contributed by atoms with E-state index in [9.17, 15) is 20.4 Å². The minimum absolute atomic E-state index is 0.0270. The van der Waals surface area contributed by atoms with Crippen molar-refractivity contribution in [2.45, 2.75) is 109 Å². The molecule has 0 heterocycles. The predicted molar refractivity (Wildman–Crippen MR) is 145 cm³/mol. The first-order valence-electron chi connectivity index (χ1n) is 14.4. The van der Waals surface area contributed by atoms with Gasteiger partial charge in [0.15, 0.2) is 0 Å². The molecular weight excluding hydrogens is 468 g/mol. The molecule has 8 atom stereocenters. The maximum absolute atomic E-state index is 10.4. The molecule has 210 valence electrons. The van der Waals surface area contributed by atoms with Gasteiger partial charge in [-0.15, -0.1) is 0 Å². The summed E-state index contributed by atoms with van der Waals surface area (Å²) >= 11 is 0. The molecule has 4 N–H and O–H groups in total. The normalized spacial score (nSPS) is 38.4. The lowest BCUT2D eigenvalue weighted by Gasteiger charge is -2.57. The van der Waals surface area contributed by atoms with Crippen LogP contribution < -0.4 is 0 Å². The van der Waals surface area contributed by atoms with Crippen LogP contribution in [0.25, 0.3) is 0 Å². The molecule has 0 aromatic carbocycles. The highest BCUT2D eigenvalue weighted by atomic mass is 16.5. The van der Waals surface area contributed by atoms with E-state index in [-0.39, 0.29) is 36.3 Å². The number of allylic oxidation sites excluding steroid dienone is 5. The first kappa shape index (κ1) is 29.0. The number of ether oxygens (including phenoxy) is 2. The Labute approximate surface area is 223 Å². The van der Waals surface area contributed by atoms with Crippen LogP contribution in [0.1, 0.15) is 86.0 Å². The van der Waals surface area contributed by atoms with Crippen molar-refractivity contribution in [2.75, 3.05) is 26.4 Å². The number of fused-ring (bicyclic) bond motifs is 5. The maximum Gasteiger partial charge on any atom is 0.0871 e. The summed E-state index contributed by atoms with van der Waals surface area (Å²) in [5.41, 5.74) is 2.39. The van der Waals surface area contributed by atoms with Gasteiger partial charge in [-0.3, -0.25) is 0 Å². The van der Waals surface area contributed by atoms with E-state index in [1.165, 1.54) is 12.0 Å². The summed E-state index contributed by atoms with van der Waals surface area (Å²) < 4.78 is 12.9. The molecule has 6 nitrogen and oxygen atoms in total. The number of rotatable bonds is 11. The highest BCUT2D eigenvalue weighted by Gasteiger charge is 2.57. The van der Waals surface area contributed by atoms with Gasteiger partial charge >= 0.3 is 0 Å². The van der Waals surface area contributed by atoms with Crippen LogP contribution in [-0.2, 0) is 9.47 Å². The fourth-order valence-corrected chi connectivity index (χ4v) is 7.62. The van der Waals surface area contributed by atoms with Crippen LogP contribution in [0, 0.1) is 22.7 Å². The molecule has 37 heavy (non-hydrogen) atoms. The largest absolute Gasteiger partial charge is 0.393 e. The van der Waals surface area contributed by atoms with Crippen molar-refractivity contribution < 1.29 is 29.9 Å². The Morgan fingerprint density at radius 2 is 1.62 bits per heavy atom. The van der Waals surface area contributed by atoms with Gasteiger partial charge in [-0.05, 0) is 63.2 Å². The molecule has 4 aliphatic carbocycles. The summed E-state index contributed by atoms with van der Waals surface area (Å²) in [4.78, 5) is 0. The number of aliphatic hydroxyl groups is 4. The van der Waals surface area contributed by atoms with Gasteiger partial charge in [0.2, 0.25) is 0 Å². The van der Waals surface area contributed by atoms with Crippen LogP contribution in [0.4, 0.5) is 0 Å². The Kier molecular flexibility index (Phi) is 8.51. The van der Waals surface area contributed by atoms with E-state index in [1.54, 1.807) is 25.0 Å². The first-order chi connectivity index (χ1) is 17.4. The summed E-state index contributed by atoms with van der Waals surface area (Å²) in [6.45, 7) is 10.6. The van der Waals surface area contributed by atoms with E-state index in [0.717, 1.165) is 32.1 Å². The zero-order chi connectivity index (χ0) is 27.1. The smallest absolute Gasteiger partial charge is 0.0871 e. The van der Waals surface area contributed by atoms with Crippen molar-refractivity contribution in [3.05, 3.63) is 34.9 Å². The molecule has 4 rings (SSSR count). The molecule has 0 radical (unpaired) electrons. The third-order valence-electron chi connectivity index (χ3n) is 10.4. The molecule has 0 saturated heterocycles. The topological polar surface area (TPSA) is 99.4 Å². The Morgan fingerprint density at radius 3 is 2.24 bits per heavy atom. The summed E-state index contributed by atoms with van der Waals surface area (Å²) in [7, 11) is 0. The average Bonchev–Trinajstić information content (AvgIpc) is 3.20. The van der Waals surface area contributed by atoms with Crippen LogP contribution in [0.15, 0.2) is 34.9 Å². The lowest BCUT2D eigenvalue weighted by Crippen LogP contribution is -2.53. The van der Waals surface area contributed by atoms with Gasteiger partial charge in [-0.2, -0.15) is 0 Å². The molecule has 0 aliphatic heterocycles. The highest BCUT2D eigenvalue weighted by molar-refractivity contribution is 5.43. The molecule has 0 aromatic rings. The van der Waals surface area contributed by atoms with Crippen molar-refractivity contribution in [1.29, 1.82) is 0 Å². The second-order valence-electron chi connectivity index (χ2n) is 13.1. The minimum Gasteiger partial charge on any atom is -0.393 e. The summed E-state index contributed by atoms with van der Waals surface area (Å²) in [5, 5.41) is 39.4. The van der Waals surface area contributed by atoms with Gasteiger partial charge < -0.3 is 29.9 Å². The number of aliphatic hydroxyl groups excluding tert-OH is 2. The summed E-state index contributed by atoms with van der Waals surface area (Å²) in [5.74, 6) is 0.982. The Hall–Kier alpha value is -1.02. The fourth-order valence-electron chi connectivity index (χ4n) is 7.62. The van der Waals surface area contributed by atoms with E-state index in [4.69, 9.17) is 9.47 Å². The van der Waals surface area contributed by atoms with Crippen molar-refractivity contribution >= 4 is 0 Å². The number of hydrogen-bond acceptors (Lipinski definition) is 6. The van der Waals surface area contributed by atoms with E-state index < -0.39 is 11.2 Å². The van der Waals surface area contributed by atoms with E-state index in [2.05, 4.69) is 39.0 Å². The fraction of sp³-hybridized carbons (Fsp3) is 0.806. The first-order valence-corrected chi connectivity index (χ1v) is 14.4. The lowest BCUT2D eigenvalue weighted by atomic mass is 9.49. The second-order valence-corrected chi connectivity index (χ2v) is 13.1. The van der Waals surface area contributed by atoms with Crippen LogP contribution in [0.2, 0.25) is 0 Å². The van der Waals surface area contributed by atoms with Crippen LogP contribution in [0.5, 0.6) is 0 Å². The van der Waals surface area contributed by atoms with Crippen LogP contribution in [0.3, 0.4) is 0 Å². The molecule has 4 unspecified atom stereocenters. The molecular formula is C31H50O6. The Morgan fingerprint density at radius 1 is 0.973 bits per heavy atom. The van der Waals surface area contributed by atoms with Crippen LogP contribution >= 0.6 is 0 Å². The van der Waals surface area contributed by atoms with Gasteiger partial charge in [-0.1, -0.05) is 55.7 Å². The zero-order valence-electron chi connectivity index (χ0n) is 23.6. The second kappa shape index (κ2) is 10.9. The van der Waals surface area contributed by atoms with Gasteiger partial charge in [0, 0.05) is 37.9 Å². The SMILES string of the molecule is CCC1=CC[C@H]2C3=CC=C4CC(OCCC(C)(O)CO)CC(OCCC(C)(O)CO)[C@]4(C)[C@H]3CC[C@]12C. The third kappa shape index (κ3) is 5.53. The standard InChI is InChI=1S/C31H50O6/c1-6-21-8-10-25-24-9-7-22-17-23(36-15-13-28(2,34)19-32)18-27(37-16-14-29(3,35)20-33)31(22,5)26(24)11-12-30(21,25)4/h7-9,23,25-27,32-35H,6,10-20H2,1-5H3/t23?,25-,26-,27?,28?,29?,30+,31-/m0/s1. The molecule has 0 spiro atoms. The molecule has 6 heteroatoms. The molecule has 2 fully saturated rings. The van der Waals surface area contributed by atoms with Crippen molar-refractivity contribution in [3.8, 4) is 0 Å². The summed E-state index contributed by atoms with van der Waals surface area (Å²) in [6, 6.07) is 0. The average molecular weight is 519 g/mol. The maximum atomic E-state index is 10.4. The Bertz CT molecular complexity index is 917. The lowest BCUT2D eigenvalue weighted by molar-refractivity contribution is -0.120. The van der Waals surface area contributed by atoms with E-state index in [0.29, 0.717) is 37.9 Å². The summed E-state index contributed by atoms with van der Waals surface area (Å²) in [6.07, 6.45) is 14.1. The van der Waals surface area contributed by atoms with Crippen molar-refractivity contribution in [2.24, 2.45) is 22.7 Å². The van der Waals surface area contributed by atoms with Gasteiger partial charge in [-0.25, -0.2) is 0 Å². The van der Waals surface area contributed by atoms with Crippen molar-refractivity contribution in [3.63, 3.8) is 0 Å². The Balaban J connectivity index is 1.57. The van der Waals surface area contributed by atoms with Gasteiger partial charge in [0.05, 0.1) is 36.6 Å². The van der Waals surface area contributed by atoms with Gasteiger partial charge in [0.1, 0.15) is 0 Å². The molecule has 0 aromatic heterocycles. The minimum atomic E-state index is -1.16. The van der Waals surface area contributed by atoms with Crippen molar-refractivity contribution in [1.82, 2.24) is 0 Å². The molecule has 0 bridgehead atoms. The van der Waals surface area contributed by atoms with Gasteiger partial charge in [0.25, 0.3) is 0 Å². The zero-order valence-corrected chi connectivity index (χ0v) is 23.6. The third-order valence-corrected chi connectivity index (χ3v) is 10.4. The monoisotopic (exact) mass is 518 g/mol. The predicted octanol–water partition coefficient (Wildman–Crippen LogP) is 4.46. The number of hydrogen-bond donors (Lipinski definition) is 4. The highest BCUT2D eigenvalue weighted by Crippen LogP contribution is 2.64. The van der Waals surface area contributed by atoms with Crippen LogP contribution in [-0.4, -0.2) is 70.3 Å². The van der Waals surface area contributed by atoms with E-state index in [1.807, 2.05) is 0 Å².